The molecule has 0 saturated carbocycles. The van der Waals surface area contributed by atoms with E-state index in [9.17, 15) is 19.8 Å². The van der Waals surface area contributed by atoms with E-state index in [-0.39, 0.29) is 24.6 Å². The molecule has 9 heteroatoms. The van der Waals surface area contributed by atoms with E-state index < -0.39 is 23.2 Å². The number of carboxylic acids is 1. The highest BCUT2D eigenvalue weighted by Gasteiger charge is 2.45. The van der Waals surface area contributed by atoms with E-state index in [2.05, 4.69) is 0 Å². The Morgan fingerprint density at radius 1 is 0.941 bits per heavy atom. The van der Waals surface area contributed by atoms with Gasteiger partial charge in [-0.3, -0.25) is 10.3 Å². The smallest absolute Gasteiger partial charge is 0.416 e. The van der Waals surface area contributed by atoms with Crippen LogP contribution in [0.25, 0.3) is 0 Å². The molecule has 1 unspecified atom stereocenters. The number of amides is 1. The third kappa shape index (κ3) is 6.40. The van der Waals surface area contributed by atoms with Crippen LogP contribution in [0.2, 0.25) is 0 Å². The second kappa shape index (κ2) is 10.5. The maximum atomic E-state index is 12.8. The Morgan fingerprint density at radius 3 is 1.82 bits per heavy atom. The van der Waals surface area contributed by atoms with Crippen molar-refractivity contribution in [3.8, 4) is 11.5 Å². The zero-order valence-corrected chi connectivity index (χ0v) is 20.5. The van der Waals surface area contributed by atoms with Gasteiger partial charge in [0.25, 0.3) is 0 Å². The molecule has 2 rings (SSSR count). The van der Waals surface area contributed by atoms with Gasteiger partial charge in [0, 0.05) is 26.9 Å². The van der Waals surface area contributed by atoms with Crippen molar-refractivity contribution in [2.24, 2.45) is 0 Å². The van der Waals surface area contributed by atoms with Crippen molar-refractivity contribution < 1.29 is 29.3 Å². The Bertz CT molecular complexity index is 1010. The van der Waals surface area contributed by atoms with Gasteiger partial charge < -0.3 is 24.6 Å². The monoisotopic (exact) mass is 471 g/mol. The Balaban J connectivity index is 2.49. The van der Waals surface area contributed by atoms with Crippen molar-refractivity contribution in [3.63, 3.8) is 0 Å². The summed E-state index contributed by atoms with van der Waals surface area (Å²) in [7, 11) is 4.39. The maximum absolute atomic E-state index is 12.8. The molecule has 0 heterocycles. The van der Waals surface area contributed by atoms with Crippen LogP contribution >= 0.6 is 0 Å². The molecule has 2 aromatic rings. The molecule has 0 radical (unpaired) electrons. The number of nitrogens with zero attached hydrogens (tertiary/aromatic N) is 2. The molecular formula is C25H33N3O6. The number of aromatic hydroxyl groups is 1. The SMILES string of the molecule is COc1ccc(CC(Cc2ccc(O)cc2)(C(=O)O)N(C)C(=N)N(C)C(=O)OC(C)(C)C)cc1. The number of nitrogens with one attached hydrogen (secondary N) is 1. The molecule has 3 N–H and O–H groups in total. The van der Waals surface area contributed by atoms with Gasteiger partial charge in [0.1, 0.15) is 22.6 Å². The second-order valence-electron chi connectivity index (χ2n) is 9.13. The molecule has 0 aliphatic heterocycles. The number of methoxy groups -OCH3 is 1. The fourth-order valence-corrected chi connectivity index (χ4v) is 3.47. The number of carbonyl (C=O) groups is 2. The second-order valence-corrected chi connectivity index (χ2v) is 9.13. The van der Waals surface area contributed by atoms with E-state index in [4.69, 9.17) is 14.9 Å². The van der Waals surface area contributed by atoms with Gasteiger partial charge in [0.05, 0.1) is 7.11 Å². The zero-order chi connectivity index (χ0) is 25.7. The van der Waals surface area contributed by atoms with E-state index >= 15 is 0 Å². The Hall–Kier alpha value is -3.75. The summed E-state index contributed by atoms with van der Waals surface area (Å²) >= 11 is 0. The number of rotatable bonds is 7. The third-order valence-corrected chi connectivity index (χ3v) is 5.43. The Kier molecular flexibility index (Phi) is 8.15. The van der Waals surface area contributed by atoms with Crippen LogP contribution in [-0.2, 0) is 22.4 Å². The summed E-state index contributed by atoms with van der Waals surface area (Å²) in [5, 5.41) is 28.8. The average molecular weight is 472 g/mol. The van der Waals surface area contributed by atoms with E-state index in [0.29, 0.717) is 16.9 Å². The van der Waals surface area contributed by atoms with Crippen LogP contribution in [0.3, 0.4) is 0 Å². The van der Waals surface area contributed by atoms with Gasteiger partial charge in [-0.15, -0.1) is 0 Å². The van der Waals surface area contributed by atoms with Gasteiger partial charge in [-0.25, -0.2) is 9.59 Å². The Labute approximate surface area is 200 Å². The molecular weight excluding hydrogens is 438 g/mol. The zero-order valence-electron chi connectivity index (χ0n) is 20.5. The number of likely N-dealkylation sites (N-methyl/N-ethyl adjacent to an activating group) is 1. The number of ether oxygens (including phenoxy) is 2. The van der Waals surface area contributed by atoms with Gasteiger partial charge in [-0.05, 0) is 56.2 Å². The number of hydrogen-bond acceptors (Lipinski definition) is 6. The topological polar surface area (TPSA) is 123 Å². The number of carbonyl (C=O) groups excluding carboxylic acids is 1. The summed E-state index contributed by atoms with van der Waals surface area (Å²) in [6.07, 6.45) is -0.720. The molecule has 184 valence electrons. The molecule has 1 atom stereocenters. The summed E-state index contributed by atoms with van der Waals surface area (Å²) in [6.45, 7) is 5.13. The van der Waals surface area contributed by atoms with Gasteiger partial charge in [-0.2, -0.15) is 0 Å². The molecule has 0 aliphatic rings. The minimum absolute atomic E-state index is 0.00960. The first-order chi connectivity index (χ1) is 15.8. The predicted molar refractivity (Wildman–Crippen MR) is 128 cm³/mol. The normalized spacial score (nSPS) is 12.9. The van der Waals surface area contributed by atoms with E-state index in [1.807, 2.05) is 0 Å². The minimum atomic E-state index is -1.63. The lowest BCUT2D eigenvalue weighted by Gasteiger charge is -2.41. The minimum Gasteiger partial charge on any atom is -0.508 e. The third-order valence-electron chi connectivity index (χ3n) is 5.43. The predicted octanol–water partition coefficient (Wildman–Crippen LogP) is 3.74. The van der Waals surface area contributed by atoms with Crippen molar-refractivity contribution in [2.45, 2.75) is 44.8 Å². The van der Waals surface area contributed by atoms with Crippen LogP contribution in [-0.4, -0.2) is 70.4 Å². The lowest BCUT2D eigenvalue weighted by molar-refractivity contribution is -0.148. The lowest BCUT2D eigenvalue weighted by Crippen LogP contribution is -2.61. The van der Waals surface area contributed by atoms with E-state index in [1.165, 1.54) is 31.1 Å². The first-order valence-electron chi connectivity index (χ1n) is 10.7. The van der Waals surface area contributed by atoms with Gasteiger partial charge in [0.15, 0.2) is 0 Å². The van der Waals surface area contributed by atoms with Gasteiger partial charge in [0.2, 0.25) is 5.96 Å². The molecule has 2 aromatic carbocycles. The molecule has 0 saturated heterocycles. The van der Waals surface area contributed by atoms with Crippen LogP contribution in [0.15, 0.2) is 48.5 Å². The summed E-state index contributed by atoms with van der Waals surface area (Å²) in [6, 6.07) is 13.2. The molecule has 0 aliphatic carbocycles. The number of aliphatic carboxylic acids is 1. The van der Waals surface area contributed by atoms with Crippen molar-refractivity contribution in [2.75, 3.05) is 21.2 Å². The van der Waals surface area contributed by atoms with Gasteiger partial charge in [-0.1, -0.05) is 24.3 Å². The van der Waals surface area contributed by atoms with Crippen LogP contribution in [0.1, 0.15) is 31.9 Å². The quantitative estimate of drug-likeness (QED) is 0.415. The summed E-state index contributed by atoms with van der Waals surface area (Å²) in [5.74, 6) is -0.801. The largest absolute Gasteiger partial charge is 0.508 e. The number of phenolic OH excluding ortho intramolecular Hbond substituents is 1. The van der Waals surface area contributed by atoms with Crippen molar-refractivity contribution >= 4 is 18.0 Å². The average Bonchev–Trinajstić information content (AvgIpc) is 2.77. The number of carboxylic acid groups (broad SMARTS) is 1. The highest BCUT2D eigenvalue weighted by Crippen LogP contribution is 2.28. The first kappa shape index (κ1) is 26.5. The molecule has 0 spiro atoms. The fraction of sp³-hybridized carbons (Fsp3) is 0.400. The number of phenols is 1. The fourth-order valence-electron chi connectivity index (χ4n) is 3.47. The summed E-state index contributed by atoms with van der Waals surface area (Å²) < 4.78 is 10.5. The van der Waals surface area contributed by atoms with Crippen LogP contribution in [0, 0.1) is 5.41 Å². The number of guanidine groups is 1. The standard InChI is InChI=1S/C25H33N3O6/c1-24(2,3)34-23(32)27(4)22(26)28(5)25(21(30)31,15-17-7-11-19(29)12-8-17)16-18-9-13-20(33-6)14-10-18/h7-14,26,29H,15-16H2,1-6H3,(H,30,31). The summed E-state index contributed by atoms with van der Waals surface area (Å²) in [4.78, 5) is 27.7. The first-order valence-corrected chi connectivity index (χ1v) is 10.7. The molecule has 9 nitrogen and oxygen atoms in total. The number of hydrogen-bond donors (Lipinski definition) is 3. The van der Waals surface area contributed by atoms with E-state index in [1.54, 1.807) is 64.3 Å². The van der Waals surface area contributed by atoms with E-state index in [0.717, 1.165) is 4.90 Å². The van der Waals surface area contributed by atoms with Crippen molar-refractivity contribution in [1.82, 2.24) is 9.80 Å². The highest BCUT2D eigenvalue weighted by atomic mass is 16.6. The molecule has 0 bridgehead atoms. The van der Waals surface area contributed by atoms with Gasteiger partial charge >= 0.3 is 12.1 Å². The molecule has 0 fully saturated rings. The van der Waals surface area contributed by atoms with Crippen molar-refractivity contribution in [3.05, 3.63) is 59.7 Å². The highest BCUT2D eigenvalue weighted by molar-refractivity contribution is 5.95. The maximum Gasteiger partial charge on any atom is 0.416 e. The summed E-state index contributed by atoms with van der Waals surface area (Å²) in [5.41, 5.74) is -1.04. The van der Waals surface area contributed by atoms with Crippen LogP contribution in [0.4, 0.5) is 4.79 Å². The molecule has 0 aromatic heterocycles. The lowest BCUT2D eigenvalue weighted by atomic mass is 9.83. The van der Waals surface area contributed by atoms with Crippen LogP contribution in [0.5, 0.6) is 11.5 Å². The van der Waals surface area contributed by atoms with Crippen LogP contribution < -0.4 is 4.74 Å². The van der Waals surface area contributed by atoms with Crippen molar-refractivity contribution in [1.29, 1.82) is 5.41 Å². The molecule has 34 heavy (non-hydrogen) atoms. The number of benzene rings is 2. The Morgan fingerprint density at radius 2 is 1.41 bits per heavy atom. The molecule has 1 amide bonds.